The van der Waals surface area contributed by atoms with E-state index < -0.39 is 12.0 Å². The summed E-state index contributed by atoms with van der Waals surface area (Å²) in [4.78, 5) is 23.8. The molecule has 0 unspecified atom stereocenters. The van der Waals surface area contributed by atoms with Gasteiger partial charge >= 0.3 is 5.97 Å². The summed E-state index contributed by atoms with van der Waals surface area (Å²) >= 11 is 3.34. The first-order chi connectivity index (χ1) is 8.86. The van der Waals surface area contributed by atoms with Gasteiger partial charge in [-0.15, -0.1) is 0 Å². The summed E-state index contributed by atoms with van der Waals surface area (Å²) in [6.45, 7) is 5.61. The van der Waals surface area contributed by atoms with Crippen molar-refractivity contribution in [2.24, 2.45) is 5.92 Å². The van der Waals surface area contributed by atoms with Gasteiger partial charge in [0.25, 0.3) is 5.91 Å². The van der Waals surface area contributed by atoms with Gasteiger partial charge in [-0.3, -0.25) is 4.79 Å². The molecule has 1 atom stereocenters. The van der Waals surface area contributed by atoms with Crippen LogP contribution in [0.5, 0.6) is 0 Å². The van der Waals surface area contributed by atoms with E-state index in [4.69, 9.17) is 4.74 Å². The van der Waals surface area contributed by atoms with E-state index in [2.05, 4.69) is 21.2 Å². The van der Waals surface area contributed by atoms with Crippen molar-refractivity contribution < 1.29 is 14.3 Å². The van der Waals surface area contributed by atoms with Gasteiger partial charge in [0, 0.05) is 4.47 Å². The largest absolute Gasteiger partial charge is 0.467 e. The summed E-state index contributed by atoms with van der Waals surface area (Å²) in [5.41, 5.74) is 1.49. The molecule has 1 aromatic carbocycles. The monoisotopic (exact) mass is 327 g/mol. The third-order valence-electron chi connectivity index (χ3n) is 2.77. The summed E-state index contributed by atoms with van der Waals surface area (Å²) < 4.78 is 5.40. The first kappa shape index (κ1) is 15.7. The highest BCUT2D eigenvalue weighted by Crippen LogP contribution is 2.18. The van der Waals surface area contributed by atoms with Gasteiger partial charge in [-0.2, -0.15) is 0 Å². The first-order valence-corrected chi connectivity index (χ1v) is 6.81. The van der Waals surface area contributed by atoms with E-state index in [1.54, 1.807) is 6.07 Å². The van der Waals surface area contributed by atoms with E-state index in [0.29, 0.717) is 10.0 Å². The molecule has 0 aliphatic heterocycles. The molecule has 0 aliphatic rings. The highest BCUT2D eigenvalue weighted by atomic mass is 79.9. The van der Waals surface area contributed by atoms with Crippen molar-refractivity contribution in [1.29, 1.82) is 0 Å². The topological polar surface area (TPSA) is 55.4 Å². The fourth-order valence-corrected chi connectivity index (χ4v) is 2.08. The van der Waals surface area contributed by atoms with Crippen molar-refractivity contribution >= 4 is 27.8 Å². The number of hydrogen-bond acceptors (Lipinski definition) is 3. The van der Waals surface area contributed by atoms with Crippen LogP contribution in [-0.2, 0) is 9.53 Å². The van der Waals surface area contributed by atoms with Crippen LogP contribution in [0.1, 0.15) is 29.8 Å². The van der Waals surface area contributed by atoms with Crippen molar-refractivity contribution in [3.8, 4) is 0 Å². The van der Waals surface area contributed by atoms with E-state index in [1.807, 2.05) is 32.9 Å². The van der Waals surface area contributed by atoms with Gasteiger partial charge in [0.2, 0.25) is 0 Å². The fraction of sp³-hybridized carbons (Fsp3) is 0.429. The number of methoxy groups -OCH3 is 1. The average molecular weight is 328 g/mol. The predicted molar refractivity (Wildman–Crippen MR) is 77.0 cm³/mol. The summed E-state index contributed by atoms with van der Waals surface area (Å²) in [5.74, 6) is -0.771. The average Bonchev–Trinajstić information content (AvgIpc) is 2.37. The molecule has 0 bridgehead atoms. The third-order valence-corrected chi connectivity index (χ3v) is 3.47. The van der Waals surface area contributed by atoms with Crippen molar-refractivity contribution in [1.82, 2.24) is 5.32 Å². The lowest BCUT2D eigenvalue weighted by Crippen LogP contribution is -2.45. The molecular formula is C14H18BrNO3. The van der Waals surface area contributed by atoms with Crippen LogP contribution in [0, 0.1) is 12.8 Å². The standard InChI is InChI=1S/C14H18BrNO3/c1-8(2)12(14(18)19-4)16-13(17)10-7-9(3)5-6-11(10)15/h5-8,12H,1-4H3,(H,16,17)/t12-/m0/s1. The van der Waals surface area contributed by atoms with Crippen LogP contribution in [0.15, 0.2) is 22.7 Å². The second kappa shape index (κ2) is 6.70. The third kappa shape index (κ3) is 4.06. The zero-order chi connectivity index (χ0) is 14.6. The molecule has 0 aromatic heterocycles. The Morgan fingerprint density at radius 3 is 2.47 bits per heavy atom. The Kier molecular flexibility index (Phi) is 5.54. The van der Waals surface area contributed by atoms with Crippen molar-refractivity contribution in [3.05, 3.63) is 33.8 Å². The highest BCUT2D eigenvalue weighted by Gasteiger charge is 2.25. The minimum absolute atomic E-state index is 0.0417. The quantitative estimate of drug-likeness (QED) is 0.865. The Balaban J connectivity index is 2.94. The number of amides is 1. The van der Waals surface area contributed by atoms with E-state index in [1.165, 1.54) is 7.11 Å². The molecule has 0 heterocycles. The van der Waals surface area contributed by atoms with E-state index in [9.17, 15) is 9.59 Å². The number of benzene rings is 1. The maximum atomic E-state index is 12.2. The van der Waals surface area contributed by atoms with Gasteiger partial charge in [-0.1, -0.05) is 25.5 Å². The van der Waals surface area contributed by atoms with Crippen LogP contribution in [0.2, 0.25) is 0 Å². The second-order valence-corrected chi connectivity index (χ2v) is 5.56. The number of carbonyl (C=O) groups excluding carboxylic acids is 2. The molecule has 0 radical (unpaired) electrons. The van der Waals surface area contributed by atoms with Crippen LogP contribution in [0.25, 0.3) is 0 Å². The van der Waals surface area contributed by atoms with Gasteiger partial charge in [0.15, 0.2) is 0 Å². The molecule has 1 amide bonds. The number of hydrogen-bond donors (Lipinski definition) is 1. The van der Waals surface area contributed by atoms with Gasteiger partial charge in [-0.05, 0) is 40.9 Å². The molecule has 1 aromatic rings. The fourth-order valence-electron chi connectivity index (χ4n) is 1.66. The Morgan fingerprint density at radius 2 is 1.95 bits per heavy atom. The second-order valence-electron chi connectivity index (χ2n) is 4.70. The molecule has 4 nitrogen and oxygen atoms in total. The van der Waals surface area contributed by atoms with E-state index in [0.717, 1.165) is 5.56 Å². The summed E-state index contributed by atoms with van der Waals surface area (Å²) in [6.07, 6.45) is 0. The molecule has 0 saturated carbocycles. The van der Waals surface area contributed by atoms with E-state index >= 15 is 0 Å². The SMILES string of the molecule is COC(=O)[C@@H](NC(=O)c1cc(C)ccc1Br)C(C)C. The molecule has 1 N–H and O–H groups in total. The highest BCUT2D eigenvalue weighted by molar-refractivity contribution is 9.10. The zero-order valence-corrected chi connectivity index (χ0v) is 13.1. The first-order valence-electron chi connectivity index (χ1n) is 6.01. The molecule has 5 heteroatoms. The Bertz CT molecular complexity index is 486. The van der Waals surface area contributed by atoms with Crippen LogP contribution in [-0.4, -0.2) is 25.0 Å². The minimum Gasteiger partial charge on any atom is -0.467 e. The molecular weight excluding hydrogens is 310 g/mol. The summed E-state index contributed by atoms with van der Waals surface area (Å²) in [7, 11) is 1.31. The predicted octanol–water partition coefficient (Wildman–Crippen LogP) is 2.68. The van der Waals surface area contributed by atoms with Crippen molar-refractivity contribution in [2.75, 3.05) is 7.11 Å². The lowest BCUT2D eigenvalue weighted by Gasteiger charge is -2.20. The van der Waals surface area contributed by atoms with Crippen molar-refractivity contribution in [3.63, 3.8) is 0 Å². The lowest BCUT2D eigenvalue weighted by atomic mass is 10.0. The molecule has 0 aliphatic carbocycles. The lowest BCUT2D eigenvalue weighted by molar-refractivity contribution is -0.144. The zero-order valence-electron chi connectivity index (χ0n) is 11.5. The van der Waals surface area contributed by atoms with Crippen LogP contribution in [0.3, 0.4) is 0 Å². The minimum atomic E-state index is -0.648. The van der Waals surface area contributed by atoms with E-state index in [-0.39, 0.29) is 11.8 Å². The van der Waals surface area contributed by atoms with Gasteiger partial charge in [0.05, 0.1) is 12.7 Å². The van der Waals surface area contributed by atoms with Gasteiger partial charge in [-0.25, -0.2) is 4.79 Å². The van der Waals surface area contributed by atoms with Crippen LogP contribution < -0.4 is 5.32 Å². The van der Waals surface area contributed by atoms with Crippen LogP contribution in [0.4, 0.5) is 0 Å². The van der Waals surface area contributed by atoms with Crippen molar-refractivity contribution in [2.45, 2.75) is 26.8 Å². The Labute approximate surface area is 121 Å². The number of carbonyl (C=O) groups is 2. The maximum Gasteiger partial charge on any atom is 0.328 e. The summed E-state index contributed by atoms with van der Waals surface area (Å²) in [5, 5.41) is 2.71. The summed E-state index contributed by atoms with van der Waals surface area (Å²) in [6, 6.07) is 4.84. The number of esters is 1. The molecule has 104 valence electrons. The van der Waals surface area contributed by atoms with Gasteiger partial charge in [0.1, 0.15) is 6.04 Å². The Morgan fingerprint density at radius 1 is 1.32 bits per heavy atom. The number of nitrogens with one attached hydrogen (secondary N) is 1. The number of aryl methyl sites for hydroxylation is 1. The van der Waals surface area contributed by atoms with Crippen LogP contribution >= 0.6 is 15.9 Å². The molecule has 0 saturated heterocycles. The smallest absolute Gasteiger partial charge is 0.328 e. The molecule has 0 spiro atoms. The number of ether oxygens (including phenoxy) is 1. The Hall–Kier alpha value is -1.36. The van der Waals surface area contributed by atoms with Gasteiger partial charge < -0.3 is 10.1 Å². The number of rotatable bonds is 4. The molecule has 19 heavy (non-hydrogen) atoms. The molecule has 1 rings (SSSR count). The maximum absolute atomic E-state index is 12.2. The molecule has 0 fully saturated rings. The number of halogens is 1. The normalized spacial score (nSPS) is 12.1.